The number of hydrogen-bond donors (Lipinski definition) is 1. The van der Waals surface area contributed by atoms with Crippen LogP contribution in [0.3, 0.4) is 0 Å². The second kappa shape index (κ2) is 4.27. The molecule has 2 N–H and O–H groups in total. The molecule has 1 aliphatic carbocycles. The first-order chi connectivity index (χ1) is 5.64. The first-order valence-corrected chi connectivity index (χ1v) is 5.34. The minimum Gasteiger partial charge on any atom is -0.330 e. The summed E-state index contributed by atoms with van der Waals surface area (Å²) < 4.78 is 0. The molecule has 1 nitrogen and oxygen atoms in total. The van der Waals surface area contributed by atoms with Crippen LogP contribution in [0.25, 0.3) is 0 Å². The van der Waals surface area contributed by atoms with Crippen molar-refractivity contribution in [1.82, 2.24) is 0 Å². The number of rotatable bonds is 3. The van der Waals surface area contributed by atoms with E-state index in [9.17, 15) is 0 Å². The van der Waals surface area contributed by atoms with Gasteiger partial charge < -0.3 is 5.73 Å². The standard InChI is InChI=1S/C11H23N/c1-11(2)7-3-5-10(9-11)6-4-8-12/h10H,3-9,12H2,1-2H3. The molecule has 1 rings (SSSR count). The fourth-order valence-corrected chi connectivity index (χ4v) is 2.51. The van der Waals surface area contributed by atoms with E-state index in [4.69, 9.17) is 5.73 Å². The van der Waals surface area contributed by atoms with Crippen molar-refractivity contribution < 1.29 is 0 Å². The minimum atomic E-state index is 0.609. The van der Waals surface area contributed by atoms with Crippen LogP contribution in [-0.2, 0) is 0 Å². The third-order valence-electron chi connectivity index (χ3n) is 3.12. The van der Waals surface area contributed by atoms with Crippen molar-refractivity contribution in [2.45, 2.75) is 52.4 Å². The Morgan fingerprint density at radius 2 is 2.17 bits per heavy atom. The minimum absolute atomic E-state index is 0.609. The highest BCUT2D eigenvalue weighted by Crippen LogP contribution is 2.40. The average Bonchev–Trinajstić information content (AvgIpc) is 1.99. The van der Waals surface area contributed by atoms with Gasteiger partial charge in [0.05, 0.1) is 0 Å². The van der Waals surface area contributed by atoms with Gasteiger partial charge in [-0.05, 0) is 43.6 Å². The quantitative estimate of drug-likeness (QED) is 0.690. The van der Waals surface area contributed by atoms with Crippen LogP contribution in [0.5, 0.6) is 0 Å². The third kappa shape index (κ3) is 3.14. The van der Waals surface area contributed by atoms with Crippen molar-refractivity contribution in [1.29, 1.82) is 0 Å². The predicted molar refractivity (Wildman–Crippen MR) is 54.0 cm³/mol. The van der Waals surface area contributed by atoms with E-state index in [2.05, 4.69) is 13.8 Å². The van der Waals surface area contributed by atoms with Crippen LogP contribution < -0.4 is 5.73 Å². The maximum absolute atomic E-state index is 5.51. The Labute approximate surface area is 76.7 Å². The molecule has 1 fully saturated rings. The molecule has 1 unspecified atom stereocenters. The number of hydrogen-bond acceptors (Lipinski definition) is 1. The van der Waals surface area contributed by atoms with Crippen molar-refractivity contribution >= 4 is 0 Å². The fraction of sp³-hybridized carbons (Fsp3) is 1.00. The smallest absolute Gasteiger partial charge is 0.00772 e. The average molecular weight is 169 g/mol. The van der Waals surface area contributed by atoms with Crippen molar-refractivity contribution in [3.63, 3.8) is 0 Å². The molecule has 0 heterocycles. The monoisotopic (exact) mass is 169 g/mol. The van der Waals surface area contributed by atoms with Crippen molar-refractivity contribution in [2.75, 3.05) is 6.54 Å². The third-order valence-corrected chi connectivity index (χ3v) is 3.12. The van der Waals surface area contributed by atoms with Gasteiger partial charge in [0, 0.05) is 0 Å². The lowest BCUT2D eigenvalue weighted by Crippen LogP contribution is -2.23. The van der Waals surface area contributed by atoms with E-state index in [1.54, 1.807) is 0 Å². The lowest BCUT2D eigenvalue weighted by Gasteiger charge is -2.35. The summed E-state index contributed by atoms with van der Waals surface area (Å²) in [6, 6.07) is 0. The molecule has 12 heavy (non-hydrogen) atoms. The van der Waals surface area contributed by atoms with Crippen molar-refractivity contribution in [2.24, 2.45) is 17.1 Å². The Morgan fingerprint density at radius 3 is 2.75 bits per heavy atom. The molecular weight excluding hydrogens is 146 g/mol. The Morgan fingerprint density at radius 1 is 1.42 bits per heavy atom. The SMILES string of the molecule is CC1(C)CCCC(CCCN)C1. The molecule has 1 saturated carbocycles. The lowest BCUT2D eigenvalue weighted by atomic mass is 9.71. The molecule has 0 spiro atoms. The molecule has 0 aliphatic heterocycles. The van der Waals surface area contributed by atoms with Crippen LogP contribution in [-0.4, -0.2) is 6.54 Å². The summed E-state index contributed by atoms with van der Waals surface area (Å²) in [7, 11) is 0. The molecule has 0 amide bonds. The first-order valence-electron chi connectivity index (χ1n) is 5.34. The fourth-order valence-electron chi connectivity index (χ4n) is 2.51. The normalized spacial score (nSPS) is 28.8. The van der Waals surface area contributed by atoms with Gasteiger partial charge in [0.2, 0.25) is 0 Å². The van der Waals surface area contributed by atoms with E-state index in [0.29, 0.717) is 5.41 Å². The Kier molecular flexibility index (Phi) is 3.57. The Hall–Kier alpha value is -0.0400. The van der Waals surface area contributed by atoms with E-state index < -0.39 is 0 Å². The van der Waals surface area contributed by atoms with E-state index in [1.165, 1.54) is 38.5 Å². The topological polar surface area (TPSA) is 26.0 Å². The first kappa shape index (κ1) is 10.0. The molecule has 1 aliphatic rings. The van der Waals surface area contributed by atoms with Crippen molar-refractivity contribution in [3.05, 3.63) is 0 Å². The molecule has 1 atom stereocenters. The Bertz CT molecular complexity index is 129. The van der Waals surface area contributed by atoms with Gasteiger partial charge in [-0.2, -0.15) is 0 Å². The highest BCUT2D eigenvalue weighted by Gasteiger charge is 2.27. The van der Waals surface area contributed by atoms with Gasteiger partial charge in [0.15, 0.2) is 0 Å². The van der Waals surface area contributed by atoms with Crippen LogP contribution in [0.2, 0.25) is 0 Å². The largest absolute Gasteiger partial charge is 0.330 e. The zero-order valence-electron chi connectivity index (χ0n) is 8.60. The molecule has 0 aromatic rings. The molecule has 0 saturated heterocycles. The zero-order chi connectivity index (χ0) is 9.03. The summed E-state index contributed by atoms with van der Waals surface area (Å²) in [5.41, 5.74) is 6.12. The summed E-state index contributed by atoms with van der Waals surface area (Å²) in [5.74, 6) is 0.970. The van der Waals surface area contributed by atoms with E-state index >= 15 is 0 Å². The predicted octanol–water partition coefficient (Wildman–Crippen LogP) is 2.94. The molecule has 72 valence electrons. The van der Waals surface area contributed by atoms with Crippen molar-refractivity contribution in [3.8, 4) is 0 Å². The summed E-state index contributed by atoms with van der Waals surface area (Å²) in [4.78, 5) is 0. The van der Waals surface area contributed by atoms with Crippen LogP contribution >= 0.6 is 0 Å². The summed E-state index contributed by atoms with van der Waals surface area (Å²) in [6.07, 6.45) is 8.31. The molecule has 0 aromatic heterocycles. The molecule has 1 heteroatoms. The molecular formula is C11H23N. The van der Waals surface area contributed by atoms with E-state index in [-0.39, 0.29) is 0 Å². The maximum atomic E-state index is 5.51. The summed E-state index contributed by atoms with van der Waals surface area (Å²) >= 11 is 0. The van der Waals surface area contributed by atoms with Gasteiger partial charge in [0.1, 0.15) is 0 Å². The van der Waals surface area contributed by atoms with Crippen LogP contribution in [0.15, 0.2) is 0 Å². The second-order valence-electron chi connectivity index (χ2n) is 5.06. The maximum Gasteiger partial charge on any atom is -0.00772 e. The highest BCUT2D eigenvalue weighted by molar-refractivity contribution is 4.79. The van der Waals surface area contributed by atoms with E-state index in [1.807, 2.05) is 0 Å². The Balaban J connectivity index is 2.26. The van der Waals surface area contributed by atoms with Gasteiger partial charge in [-0.3, -0.25) is 0 Å². The molecule has 0 radical (unpaired) electrons. The summed E-state index contributed by atoms with van der Waals surface area (Å²) in [6.45, 7) is 5.68. The van der Waals surface area contributed by atoms with Gasteiger partial charge >= 0.3 is 0 Å². The van der Waals surface area contributed by atoms with Gasteiger partial charge in [-0.1, -0.05) is 26.7 Å². The molecule has 0 bridgehead atoms. The zero-order valence-corrected chi connectivity index (χ0v) is 8.60. The highest BCUT2D eigenvalue weighted by atomic mass is 14.5. The van der Waals surface area contributed by atoms with Gasteiger partial charge in [-0.25, -0.2) is 0 Å². The summed E-state index contributed by atoms with van der Waals surface area (Å²) in [5, 5.41) is 0. The lowest BCUT2D eigenvalue weighted by molar-refractivity contribution is 0.172. The van der Waals surface area contributed by atoms with Gasteiger partial charge in [0.25, 0.3) is 0 Å². The second-order valence-corrected chi connectivity index (χ2v) is 5.06. The van der Waals surface area contributed by atoms with Crippen LogP contribution in [0.1, 0.15) is 52.4 Å². The number of nitrogens with two attached hydrogens (primary N) is 1. The van der Waals surface area contributed by atoms with E-state index in [0.717, 1.165) is 12.5 Å². The van der Waals surface area contributed by atoms with Crippen LogP contribution in [0.4, 0.5) is 0 Å². The van der Waals surface area contributed by atoms with Gasteiger partial charge in [-0.15, -0.1) is 0 Å². The molecule has 0 aromatic carbocycles. The van der Waals surface area contributed by atoms with Crippen LogP contribution in [0, 0.1) is 11.3 Å².